The number of hydrogen-bond donors (Lipinski definition) is 1. The lowest BCUT2D eigenvalue weighted by molar-refractivity contribution is -0.161. The van der Waals surface area contributed by atoms with E-state index in [1.165, 1.54) is 46.0 Å². The third-order valence-corrected chi connectivity index (χ3v) is 2.48. The third kappa shape index (κ3) is 8.72. The minimum Gasteiger partial charge on any atom is -0.464 e. The van der Waals surface area contributed by atoms with Gasteiger partial charge in [0.2, 0.25) is 0 Å². The van der Waals surface area contributed by atoms with Gasteiger partial charge in [-0.2, -0.15) is 0 Å². The summed E-state index contributed by atoms with van der Waals surface area (Å²) in [5, 5.41) is 9.31. The Balaban J connectivity index is 3.25. The summed E-state index contributed by atoms with van der Waals surface area (Å²) in [4.78, 5) is 11.2. The Bertz CT molecular complexity index is 182. The van der Waals surface area contributed by atoms with E-state index < -0.39 is 11.6 Å². The summed E-state index contributed by atoms with van der Waals surface area (Å²) in [5.41, 5.74) is -1.36. The molecule has 0 unspecified atom stereocenters. The Labute approximate surface area is 99.2 Å². The van der Waals surface area contributed by atoms with Crippen LogP contribution in [0.25, 0.3) is 0 Å². The number of carbonyl (C=O) groups excluding carboxylic acids is 1. The lowest BCUT2D eigenvalue weighted by Crippen LogP contribution is -2.33. The van der Waals surface area contributed by atoms with E-state index in [0.29, 0.717) is 6.61 Å². The van der Waals surface area contributed by atoms with Crippen LogP contribution in [-0.4, -0.2) is 23.3 Å². The van der Waals surface area contributed by atoms with Gasteiger partial charge in [-0.15, -0.1) is 0 Å². The van der Waals surface area contributed by atoms with Crippen molar-refractivity contribution < 1.29 is 14.6 Å². The Morgan fingerprint density at radius 2 is 1.56 bits per heavy atom. The molecule has 1 N–H and O–H groups in total. The van der Waals surface area contributed by atoms with Crippen LogP contribution < -0.4 is 0 Å². The van der Waals surface area contributed by atoms with Crippen molar-refractivity contribution in [3.05, 3.63) is 0 Å². The normalized spacial score (nSPS) is 11.5. The fourth-order valence-corrected chi connectivity index (χ4v) is 1.40. The second kappa shape index (κ2) is 8.57. The molecule has 0 fully saturated rings. The monoisotopic (exact) mass is 230 g/mol. The molecule has 0 saturated carbocycles. The molecule has 3 nitrogen and oxygen atoms in total. The summed E-state index contributed by atoms with van der Waals surface area (Å²) in [6, 6.07) is 0. The van der Waals surface area contributed by atoms with Gasteiger partial charge in [0.15, 0.2) is 5.60 Å². The van der Waals surface area contributed by atoms with Gasteiger partial charge in [-0.05, 0) is 20.3 Å². The molecular formula is C13H26O3. The van der Waals surface area contributed by atoms with E-state index in [1.807, 2.05) is 0 Å². The molecule has 3 heteroatoms. The first-order valence-electron chi connectivity index (χ1n) is 6.38. The number of esters is 1. The van der Waals surface area contributed by atoms with Gasteiger partial charge in [-0.3, -0.25) is 0 Å². The van der Waals surface area contributed by atoms with Gasteiger partial charge in [0.1, 0.15) is 0 Å². The molecule has 0 aromatic heterocycles. The highest BCUT2D eigenvalue weighted by Gasteiger charge is 2.25. The molecule has 0 heterocycles. The molecule has 0 aromatic carbocycles. The molecule has 0 rings (SSSR count). The van der Waals surface area contributed by atoms with Crippen molar-refractivity contribution in [2.45, 2.75) is 71.3 Å². The highest BCUT2D eigenvalue weighted by Crippen LogP contribution is 2.08. The molecule has 0 aliphatic heterocycles. The molecule has 16 heavy (non-hydrogen) atoms. The first-order valence-corrected chi connectivity index (χ1v) is 6.38. The second-order valence-electron chi connectivity index (χ2n) is 4.82. The Kier molecular flexibility index (Phi) is 8.26. The van der Waals surface area contributed by atoms with Crippen LogP contribution in [0.1, 0.15) is 65.7 Å². The molecule has 0 aromatic rings. The maximum absolute atomic E-state index is 11.2. The number of ether oxygens (including phenoxy) is 1. The first kappa shape index (κ1) is 15.4. The van der Waals surface area contributed by atoms with Crippen molar-refractivity contribution in [3.63, 3.8) is 0 Å². The molecule has 0 aliphatic rings. The van der Waals surface area contributed by atoms with Crippen molar-refractivity contribution in [1.29, 1.82) is 0 Å². The Hall–Kier alpha value is -0.570. The van der Waals surface area contributed by atoms with Gasteiger partial charge < -0.3 is 9.84 Å². The minimum absolute atomic E-state index is 0.427. The second-order valence-corrected chi connectivity index (χ2v) is 4.82. The van der Waals surface area contributed by atoms with Crippen LogP contribution in [0.2, 0.25) is 0 Å². The molecule has 0 amide bonds. The third-order valence-electron chi connectivity index (χ3n) is 2.48. The maximum Gasteiger partial charge on any atom is 0.337 e. The van der Waals surface area contributed by atoms with Crippen molar-refractivity contribution in [3.8, 4) is 0 Å². The summed E-state index contributed by atoms with van der Waals surface area (Å²) in [6.45, 7) is 5.52. The summed E-state index contributed by atoms with van der Waals surface area (Å²) in [7, 11) is 0. The van der Waals surface area contributed by atoms with Crippen molar-refractivity contribution in [1.82, 2.24) is 0 Å². The smallest absolute Gasteiger partial charge is 0.337 e. The zero-order chi connectivity index (χ0) is 12.4. The standard InChI is InChI=1S/C13H26O3/c1-4-5-6-7-8-9-10-11-16-12(14)13(2,3)15/h15H,4-11H2,1-3H3. The van der Waals surface area contributed by atoms with E-state index in [0.717, 1.165) is 12.8 Å². The van der Waals surface area contributed by atoms with E-state index >= 15 is 0 Å². The number of hydrogen-bond acceptors (Lipinski definition) is 3. The highest BCUT2D eigenvalue weighted by atomic mass is 16.5. The van der Waals surface area contributed by atoms with E-state index in [9.17, 15) is 9.90 Å². The van der Waals surface area contributed by atoms with Gasteiger partial charge in [-0.1, -0.05) is 45.4 Å². The zero-order valence-electron chi connectivity index (χ0n) is 10.9. The zero-order valence-corrected chi connectivity index (χ0v) is 10.9. The molecule has 96 valence electrons. The van der Waals surface area contributed by atoms with Gasteiger partial charge in [0, 0.05) is 0 Å². The van der Waals surface area contributed by atoms with E-state index in [-0.39, 0.29) is 0 Å². The van der Waals surface area contributed by atoms with Crippen molar-refractivity contribution in [2.75, 3.05) is 6.61 Å². The van der Waals surface area contributed by atoms with Crippen LogP contribution in [0.4, 0.5) is 0 Å². The molecule has 0 radical (unpaired) electrons. The Morgan fingerprint density at radius 3 is 2.06 bits per heavy atom. The maximum atomic E-state index is 11.2. The van der Waals surface area contributed by atoms with Crippen LogP contribution in [0.15, 0.2) is 0 Å². The summed E-state index contributed by atoms with van der Waals surface area (Å²) < 4.78 is 4.95. The average Bonchev–Trinajstić information content (AvgIpc) is 2.20. The number of unbranched alkanes of at least 4 members (excludes halogenated alkanes) is 6. The molecule has 0 aliphatic carbocycles. The SMILES string of the molecule is CCCCCCCCCOC(=O)C(C)(C)O. The topological polar surface area (TPSA) is 46.5 Å². The highest BCUT2D eigenvalue weighted by molar-refractivity contribution is 5.78. The molecule has 0 spiro atoms. The van der Waals surface area contributed by atoms with Gasteiger partial charge in [0.05, 0.1) is 6.61 Å². The van der Waals surface area contributed by atoms with Crippen LogP contribution in [0, 0.1) is 0 Å². The van der Waals surface area contributed by atoms with Crippen LogP contribution in [0.3, 0.4) is 0 Å². The predicted octanol–water partition coefficient (Wildman–Crippen LogP) is 3.05. The lowest BCUT2D eigenvalue weighted by Gasteiger charge is -2.15. The van der Waals surface area contributed by atoms with Gasteiger partial charge >= 0.3 is 5.97 Å². The molecule has 0 saturated heterocycles. The van der Waals surface area contributed by atoms with Crippen LogP contribution in [0.5, 0.6) is 0 Å². The predicted molar refractivity (Wildman–Crippen MR) is 65.2 cm³/mol. The number of aliphatic hydroxyl groups is 1. The quantitative estimate of drug-likeness (QED) is 0.489. The van der Waals surface area contributed by atoms with E-state index in [2.05, 4.69) is 6.92 Å². The van der Waals surface area contributed by atoms with E-state index in [4.69, 9.17) is 4.74 Å². The van der Waals surface area contributed by atoms with Crippen LogP contribution >= 0.6 is 0 Å². The fourth-order valence-electron chi connectivity index (χ4n) is 1.40. The number of carbonyl (C=O) groups is 1. The Morgan fingerprint density at radius 1 is 1.06 bits per heavy atom. The molecule has 0 atom stereocenters. The average molecular weight is 230 g/mol. The van der Waals surface area contributed by atoms with Crippen LogP contribution in [-0.2, 0) is 9.53 Å². The summed E-state index contributed by atoms with van der Waals surface area (Å²) in [5.74, 6) is -0.529. The molecule has 0 bridgehead atoms. The molecular weight excluding hydrogens is 204 g/mol. The lowest BCUT2D eigenvalue weighted by atomic mass is 10.1. The van der Waals surface area contributed by atoms with Gasteiger partial charge in [0.25, 0.3) is 0 Å². The number of rotatable bonds is 9. The first-order chi connectivity index (χ1) is 7.48. The fraction of sp³-hybridized carbons (Fsp3) is 0.923. The van der Waals surface area contributed by atoms with Gasteiger partial charge in [-0.25, -0.2) is 4.79 Å². The summed E-state index contributed by atoms with van der Waals surface area (Å²) in [6.07, 6.45) is 8.36. The van der Waals surface area contributed by atoms with E-state index in [1.54, 1.807) is 0 Å². The summed E-state index contributed by atoms with van der Waals surface area (Å²) >= 11 is 0. The van der Waals surface area contributed by atoms with Crippen molar-refractivity contribution >= 4 is 5.97 Å². The largest absolute Gasteiger partial charge is 0.464 e. The van der Waals surface area contributed by atoms with Crippen molar-refractivity contribution in [2.24, 2.45) is 0 Å². The minimum atomic E-state index is -1.36.